The average molecular weight is 574 g/mol. The first-order chi connectivity index (χ1) is 18.1. The molecule has 0 bridgehead atoms. The summed E-state index contributed by atoms with van der Waals surface area (Å²) in [5, 5.41) is 10.9. The number of benzene rings is 1. The van der Waals surface area contributed by atoms with Gasteiger partial charge in [-0.25, -0.2) is 18.1 Å². The van der Waals surface area contributed by atoms with Crippen molar-refractivity contribution >= 4 is 19.4 Å². The number of nitrogen functional groups attached to an aromatic ring is 1. The van der Waals surface area contributed by atoms with Crippen LogP contribution in [0.4, 0.5) is 14.6 Å². The molecule has 0 spiro atoms. The lowest BCUT2D eigenvalue weighted by molar-refractivity contribution is -0.151. The summed E-state index contributed by atoms with van der Waals surface area (Å²) < 4.78 is 67.2. The van der Waals surface area contributed by atoms with Crippen LogP contribution < -0.4 is 15.9 Å². The summed E-state index contributed by atoms with van der Waals surface area (Å²) >= 11 is 0. The smallest absolute Gasteiger partial charge is 0.380 e. The average Bonchev–Trinajstić information content (AvgIpc) is 3.10. The number of alkyl halides is 2. The topological polar surface area (TPSA) is 152 Å². The van der Waals surface area contributed by atoms with Gasteiger partial charge in [-0.05, 0) is 45.9 Å². The van der Waals surface area contributed by atoms with E-state index < -0.39 is 73.8 Å². The molecule has 6 atom stereocenters. The van der Waals surface area contributed by atoms with Crippen LogP contribution >= 0.6 is 7.60 Å². The first-order valence-corrected chi connectivity index (χ1v) is 14.0. The number of halogens is 2. The number of ether oxygens (including phenoxy) is 2. The molecule has 0 aliphatic carbocycles. The Hall–Kier alpha value is -2.86. The first kappa shape index (κ1) is 30.7. The normalized spacial score (nSPS) is 25.7. The zero-order chi connectivity index (χ0) is 29.2. The molecule has 1 aliphatic heterocycles. The number of para-hydroxylation sites is 1. The van der Waals surface area contributed by atoms with Crippen molar-refractivity contribution in [1.82, 2.24) is 9.55 Å². The Labute approximate surface area is 224 Å². The Morgan fingerprint density at radius 1 is 1.28 bits per heavy atom. The van der Waals surface area contributed by atoms with Crippen molar-refractivity contribution in [3.8, 4) is 5.75 Å². The summed E-state index contributed by atoms with van der Waals surface area (Å²) in [4.78, 5) is 28.3. The van der Waals surface area contributed by atoms with Gasteiger partial charge in [0, 0.05) is 6.20 Å². The number of nitrogens with zero attached hydrogens (tertiary/aromatic N) is 2. The Morgan fingerprint density at radius 2 is 1.92 bits per heavy atom. The summed E-state index contributed by atoms with van der Waals surface area (Å²) in [7, 11) is -4.26. The molecular weight excluding hydrogens is 539 g/mol. The molecule has 0 radical (unpaired) electrons. The lowest BCUT2D eigenvalue weighted by Gasteiger charge is -2.36. The minimum atomic E-state index is -4.26. The number of rotatable bonds is 11. The highest BCUT2D eigenvalue weighted by Gasteiger charge is 2.63. The van der Waals surface area contributed by atoms with E-state index in [9.17, 15) is 23.7 Å². The number of carbonyl (C=O) groups excluding carboxylic acids is 1. The third-order valence-corrected chi connectivity index (χ3v) is 8.31. The van der Waals surface area contributed by atoms with Crippen LogP contribution in [0.1, 0.15) is 40.8 Å². The maximum Gasteiger partial charge on any atom is 0.380 e. The molecule has 1 fully saturated rings. The van der Waals surface area contributed by atoms with Crippen molar-refractivity contribution in [3.05, 3.63) is 53.1 Å². The Morgan fingerprint density at radius 3 is 2.49 bits per heavy atom. The second-order valence-corrected chi connectivity index (χ2v) is 12.2. The molecule has 1 saturated heterocycles. The molecule has 14 heteroatoms. The zero-order valence-electron chi connectivity index (χ0n) is 22.3. The molecule has 1 unspecified atom stereocenters. The highest BCUT2D eigenvalue weighted by molar-refractivity contribution is 7.54. The van der Waals surface area contributed by atoms with Crippen molar-refractivity contribution in [3.63, 3.8) is 0 Å². The number of carbonyl (C=O) groups is 1. The zero-order valence-corrected chi connectivity index (χ0v) is 23.2. The van der Waals surface area contributed by atoms with Crippen molar-refractivity contribution in [2.75, 3.05) is 18.6 Å². The van der Waals surface area contributed by atoms with E-state index in [2.05, 4.69) is 4.98 Å². The van der Waals surface area contributed by atoms with Gasteiger partial charge in [0.05, 0.1) is 18.2 Å². The molecule has 2 heterocycles. The molecular formula is C25H34F2N3O8P. The number of aliphatic hydroxyl groups excluding tert-OH is 1. The van der Waals surface area contributed by atoms with Gasteiger partial charge in [-0.2, -0.15) is 4.98 Å². The molecule has 1 aromatic heterocycles. The summed E-state index contributed by atoms with van der Waals surface area (Å²) in [5.74, 6) is -1.57. The second kappa shape index (κ2) is 11.7. The molecule has 3 rings (SSSR count). The van der Waals surface area contributed by atoms with Gasteiger partial charge in [-0.1, -0.05) is 25.1 Å². The molecule has 0 amide bonds. The van der Waals surface area contributed by atoms with Gasteiger partial charge in [0.25, 0.3) is 0 Å². The van der Waals surface area contributed by atoms with E-state index in [0.29, 0.717) is 4.57 Å². The summed E-state index contributed by atoms with van der Waals surface area (Å²) in [6, 6.07) is 9.20. The lowest BCUT2D eigenvalue weighted by Crippen LogP contribution is -2.51. The molecule has 1 aliphatic rings. The van der Waals surface area contributed by atoms with E-state index in [1.165, 1.54) is 39.0 Å². The quantitative estimate of drug-likeness (QED) is 0.302. The van der Waals surface area contributed by atoms with Gasteiger partial charge in [-0.3, -0.25) is 13.9 Å². The maximum absolute atomic E-state index is 15.9. The van der Waals surface area contributed by atoms with E-state index in [-0.39, 0.29) is 11.6 Å². The largest absolute Gasteiger partial charge is 0.463 e. The van der Waals surface area contributed by atoms with E-state index >= 15 is 4.39 Å². The molecule has 2 aromatic rings. The van der Waals surface area contributed by atoms with E-state index in [1.54, 1.807) is 32.0 Å². The number of hydrogen-bond acceptors (Lipinski definition) is 10. The molecule has 216 valence electrons. The fourth-order valence-electron chi connectivity index (χ4n) is 4.22. The van der Waals surface area contributed by atoms with Gasteiger partial charge >= 0.3 is 19.3 Å². The van der Waals surface area contributed by atoms with Gasteiger partial charge < -0.3 is 24.8 Å². The fourth-order valence-corrected chi connectivity index (χ4v) is 6.49. The van der Waals surface area contributed by atoms with E-state index in [0.717, 1.165) is 6.20 Å². The number of anilines is 1. The number of aromatic nitrogens is 2. The summed E-state index contributed by atoms with van der Waals surface area (Å²) in [6.07, 6.45) is -5.54. The first-order valence-electron chi connectivity index (χ1n) is 12.3. The van der Waals surface area contributed by atoms with Crippen LogP contribution in [0.25, 0.3) is 0 Å². The lowest BCUT2D eigenvalue weighted by atomic mass is 9.89. The van der Waals surface area contributed by atoms with E-state index in [4.69, 9.17) is 24.3 Å². The van der Waals surface area contributed by atoms with Gasteiger partial charge in [-0.15, -0.1) is 0 Å². The van der Waals surface area contributed by atoms with Crippen LogP contribution in [0.2, 0.25) is 0 Å². The minimum Gasteiger partial charge on any atom is -0.463 e. The van der Waals surface area contributed by atoms with Gasteiger partial charge in [0.1, 0.15) is 36.1 Å². The second-order valence-electron chi connectivity index (χ2n) is 10.2. The third-order valence-electron chi connectivity index (χ3n) is 6.07. The van der Waals surface area contributed by atoms with Crippen LogP contribution in [-0.4, -0.2) is 63.0 Å². The monoisotopic (exact) mass is 573 g/mol. The summed E-state index contributed by atoms with van der Waals surface area (Å²) in [5.41, 5.74) is -0.426. The van der Waals surface area contributed by atoms with Crippen molar-refractivity contribution in [1.29, 1.82) is 0 Å². The van der Waals surface area contributed by atoms with Crippen LogP contribution in [0.3, 0.4) is 0 Å². The van der Waals surface area contributed by atoms with Crippen LogP contribution in [0, 0.1) is 5.92 Å². The highest BCUT2D eigenvalue weighted by Crippen LogP contribution is 2.56. The third kappa shape index (κ3) is 6.84. The fraction of sp³-hybridized carbons (Fsp3) is 0.560. The Bertz CT molecular complexity index is 1260. The summed E-state index contributed by atoms with van der Waals surface area (Å²) in [6.45, 7) is 5.76. The molecule has 0 saturated carbocycles. The standard InChI is InChI=1S/C25H34F2N3O8P/c1-15(2)35-21(32)16(3)13-39(34,37-17-9-7-6-8-10-17)38-24(4,5)20-19(31)25(27,14-26)22(36-20)30-12-11-18(28)29-23(30)33/h6-12,15-16,19-20,22,31H,13-14H2,1-5H3,(H2,28,29,33)/t16-,19+,20+,22-,25?,39+/m1/s1. The maximum atomic E-state index is 15.9. The number of hydrogen-bond donors (Lipinski definition) is 2. The number of aliphatic hydroxyl groups is 1. The number of nitrogens with two attached hydrogens (primary N) is 1. The predicted molar refractivity (Wildman–Crippen MR) is 138 cm³/mol. The Balaban J connectivity index is 1.95. The molecule has 39 heavy (non-hydrogen) atoms. The van der Waals surface area contributed by atoms with Crippen LogP contribution in [-0.2, 0) is 23.4 Å². The number of esters is 1. The van der Waals surface area contributed by atoms with Crippen molar-refractivity contribution in [2.45, 2.75) is 70.4 Å². The van der Waals surface area contributed by atoms with Crippen LogP contribution in [0.15, 0.2) is 47.4 Å². The highest BCUT2D eigenvalue weighted by atomic mass is 31.2. The van der Waals surface area contributed by atoms with Crippen molar-refractivity contribution < 1.29 is 41.8 Å². The van der Waals surface area contributed by atoms with E-state index in [1.807, 2.05) is 0 Å². The minimum absolute atomic E-state index is 0.149. The molecule has 11 nitrogen and oxygen atoms in total. The molecule has 1 aromatic carbocycles. The van der Waals surface area contributed by atoms with Crippen LogP contribution in [0.5, 0.6) is 5.75 Å². The predicted octanol–water partition coefficient (Wildman–Crippen LogP) is 3.42. The molecule has 3 N–H and O–H groups in total. The van der Waals surface area contributed by atoms with Crippen molar-refractivity contribution in [2.24, 2.45) is 5.92 Å². The SMILES string of the molecule is CC(C)OC(=O)[C@H](C)C[P@](=O)(Oc1ccccc1)OC(C)(C)[C@H]1O[C@@H](n2ccc(N)nc2=O)C(F)(CF)[C@H]1O. The Kier molecular flexibility index (Phi) is 9.21. The van der Waals surface area contributed by atoms with Gasteiger partial charge in [0.2, 0.25) is 5.67 Å². The van der Waals surface area contributed by atoms with Gasteiger partial charge in [0.15, 0.2) is 6.23 Å².